The molecule has 0 aliphatic heterocycles. The number of nitrogens with zero attached hydrogens (tertiary/aromatic N) is 2. The molecule has 49 heavy (non-hydrogen) atoms. The monoisotopic (exact) mass is 906 g/mol. The molecule has 2 atom stereocenters. The van der Waals surface area contributed by atoms with E-state index >= 15 is 0 Å². The average molecular weight is 907 g/mol. The first-order chi connectivity index (χ1) is 22.8. The van der Waals surface area contributed by atoms with Crippen molar-refractivity contribution >= 4 is 80.0 Å². The molecule has 0 saturated heterocycles. The molecular weight excluding hydrogens is 861 g/mol. The maximum absolute atomic E-state index is 14.0. The molecule has 0 amide bonds. The van der Waals surface area contributed by atoms with E-state index in [4.69, 9.17) is 9.47 Å². The second-order valence-electron chi connectivity index (χ2n) is 13.2. The third kappa shape index (κ3) is 11.3. The van der Waals surface area contributed by atoms with E-state index in [1.165, 1.54) is 18.3 Å². The first-order valence-corrected chi connectivity index (χ1v) is 17.8. The quantitative estimate of drug-likeness (QED) is 0.0642. The molecule has 3 N–H and O–H groups in total. The Bertz CT molecular complexity index is 1760. The molecule has 2 aromatic carbocycles. The van der Waals surface area contributed by atoms with Gasteiger partial charge in [-0.3, -0.25) is 9.79 Å². The van der Waals surface area contributed by atoms with Crippen LogP contribution in [0.25, 0.3) is 16.7 Å². The highest BCUT2D eigenvalue weighted by Gasteiger charge is 2.29. The fraction of sp³-hybridized carbons (Fsp3) is 0.444. The molecule has 3 aromatic rings. The van der Waals surface area contributed by atoms with Crippen LogP contribution in [0.1, 0.15) is 77.4 Å². The standard InChI is InChI=1S/C18H23FINO4.C18H22INO4/c1-5-25-17(24)13(9-21-15(10-22)18(2,3)4)16(23)12-8-11(20)6-7-14(12)19;1-5-24-17(23)13-9-20(15(10-21)18(2,3)4)14-7-6-11(19)8-12(14)16(13)22/h6-9,15,22-23H,5,10H2,1-4H3;6-9,15,21H,5,10H2,1-4H3/t2*15-/m11/s1. The summed E-state index contributed by atoms with van der Waals surface area (Å²) in [4.78, 5) is 41.3. The number of pyridine rings is 1. The van der Waals surface area contributed by atoms with E-state index in [0.29, 0.717) is 14.5 Å². The summed E-state index contributed by atoms with van der Waals surface area (Å²) >= 11 is 4.11. The Morgan fingerprint density at radius 3 is 2.04 bits per heavy atom. The molecule has 0 radical (unpaired) electrons. The lowest BCUT2D eigenvalue weighted by Gasteiger charge is -2.32. The van der Waals surface area contributed by atoms with Crippen LogP contribution in [-0.2, 0) is 14.3 Å². The lowest BCUT2D eigenvalue weighted by atomic mass is 9.86. The topological polar surface area (TPSA) is 148 Å². The van der Waals surface area contributed by atoms with Gasteiger partial charge in [-0.2, -0.15) is 0 Å². The number of benzene rings is 2. The molecule has 0 fully saturated rings. The molecule has 0 bridgehead atoms. The van der Waals surface area contributed by atoms with Crippen LogP contribution in [-0.4, -0.2) is 70.5 Å². The van der Waals surface area contributed by atoms with Gasteiger partial charge in [0.15, 0.2) is 0 Å². The summed E-state index contributed by atoms with van der Waals surface area (Å²) in [6.45, 7) is 15.0. The first-order valence-electron chi connectivity index (χ1n) is 15.6. The minimum atomic E-state index is -0.812. The van der Waals surface area contributed by atoms with Gasteiger partial charge >= 0.3 is 11.9 Å². The average Bonchev–Trinajstić information content (AvgIpc) is 3.01. The molecule has 0 unspecified atom stereocenters. The van der Waals surface area contributed by atoms with Crippen LogP contribution in [0.2, 0.25) is 0 Å². The Hall–Kier alpha value is -2.89. The third-order valence-corrected chi connectivity index (χ3v) is 8.83. The van der Waals surface area contributed by atoms with Gasteiger partial charge in [-0.05, 0) is 106 Å². The van der Waals surface area contributed by atoms with Gasteiger partial charge in [-0.25, -0.2) is 14.0 Å². The van der Waals surface area contributed by atoms with Crippen molar-refractivity contribution < 1.29 is 38.8 Å². The summed E-state index contributed by atoms with van der Waals surface area (Å²) in [5.74, 6) is -2.67. The highest BCUT2D eigenvalue weighted by molar-refractivity contribution is 14.1. The summed E-state index contributed by atoms with van der Waals surface area (Å²) in [6.07, 6.45) is 2.65. The molecule has 3 rings (SSSR count). The summed E-state index contributed by atoms with van der Waals surface area (Å²) in [5, 5.41) is 30.3. The van der Waals surface area contributed by atoms with E-state index in [1.54, 1.807) is 26.0 Å². The zero-order valence-corrected chi connectivity index (χ0v) is 33.3. The first kappa shape index (κ1) is 42.3. The van der Waals surface area contributed by atoms with Crippen molar-refractivity contribution in [1.29, 1.82) is 0 Å². The minimum Gasteiger partial charge on any atom is -0.506 e. The van der Waals surface area contributed by atoms with Gasteiger partial charge in [-0.1, -0.05) is 41.5 Å². The lowest BCUT2D eigenvalue weighted by Crippen LogP contribution is -2.30. The molecule has 0 aliphatic carbocycles. The van der Waals surface area contributed by atoms with E-state index in [-0.39, 0.29) is 65.4 Å². The molecule has 1 heterocycles. The molecule has 10 nitrogen and oxygen atoms in total. The van der Waals surface area contributed by atoms with Gasteiger partial charge in [0.25, 0.3) is 0 Å². The third-order valence-electron chi connectivity index (χ3n) is 7.49. The molecule has 0 spiro atoms. The summed E-state index contributed by atoms with van der Waals surface area (Å²) in [7, 11) is 0. The zero-order chi connectivity index (χ0) is 37.3. The summed E-state index contributed by atoms with van der Waals surface area (Å²) < 4.78 is 27.4. The number of carbonyl (C=O) groups is 2. The number of aliphatic hydroxyl groups excluding tert-OH is 3. The number of esters is 2. The number of halogens is 3. The predicted octanol–water partition coefficient (Wildman–Crippen LogP) is 7.10. The number of aliphatic hydroxyl groups is 3. The number of ether oxygens (including phenoxy) is 2. The largest absolute Gasteiger partial charge is 0.506 e. The Balaban J connectivity index is 0.000000340. The van der Waals surface area contributed by atoms with Gasteiger partial charge in [0.05, 0.1) is 49.6 Å². The molecule has 13 heteroatoms. The maximum Gasteiger partial charge on any atom is 0.343 e. The highest BCUT2D eigenvalue weighted by atomic mass is 127. The number of aromatic nitrogens is 1. The van der Waals surface area contributed by atoms with Crippen LogP contribution < -0.4 is 5.43 Å². The highest BCUT2D eigenvalue weighted by Crippen LogP contribution is 2.33. The normalized spacial score (nSPS) is 13.7. The molecular formula is C36H45FI2N2O8. The number of carbonyl (C=O) groups excluding carboxylic acids is 2. The zero-order valence-electron chi connectivity index (χ0n) is 29.0. The van der Waals surface area contributed by atoms with Crippen molar-refractivity contribution in [3.63, 3.8) is 0 Å². The second kappa shape index (κ2) is 18.4. The molecule has 1 aromatic heterocycles. The Kier molecular flexibility index (Phi) is 15.9. The lowest BCUT2D eigenvalue weighted by molar-refractivity contribution is -0.137. The Labute approximate surface area is 313 Å². The van der Waals surface area contributed by atoms with Gasteiger partial charge in [0, 0.05) is 24.9 Å². The van der Waals surface area contributed by atoms with Crippen LogP contribution in [0.3, 0.4) is 0 Å². The number of hydrogen-bond acceptors (Lipinski definition) is 9. The molecule has 0 saturated carbocycles. The van der Waals surface area contributed by atoms with E-state index in [0.717, 1.165) is 9.78 Å². The predicted molar refractivity (Wildman–Crippen MR) is 207 cm³/mol. The van der Waals surface area contributed by atoms with Crippen LogP contribution in [0.5, 0.6) is 0 Å². The van der Waals surface area contributed by atoms with Crippen molar-refractivity contribution in [2.75, 3.05) is 26.4 Å². The van der Waals surface area contributed by atoms with Crippen molar-refractivity contribution in [3.8, 4) is 0 Å². The SMILES string of the molecule is CCOC(=O)C(C=N[C@H](CO)C(C)(C)C)=C(O)c1cc(I)ccc1F.CCOC(=O)c1cn([C@H](CO)C(C)(C)C)c2ccc(I)cc2c1=O. The second-order valence-corrected chi connectivity index (χ2v) is 15.7. The number of hydrogen-bond donors (Lipinski definition) is 3. The molecule has 0 aliphatic rings. The summed E-state index contributed by atoms with van der Waals surface area (Å²) in [6, 6.07) is 8.91. The van der Waals surface area contributed by atoms with E-state index < -0.39 is 29.6 Å². The van der Waals surface area contributed by atoms with Crippen LogP contribution in [0.4, 0.5) is 4.39 Å². The molecule has 268 valence electrons. The van der Waals surface area contributed by atoms with Gasteiger partial charge in [0.1, 0.15) is 22.7 Å². The van der Waals surface area contributed by atoms with Crippen LogP contribution >= 0.6 is 45.2 Å². The Morgan fingerprint density at radius 1 is 0.918 bits per heavy atom. The number of fused-ring (bicyclic) bond motifs is 1. The van der Waals surface area contributed by atoms with Crippen molar-refractivity contribution in [1.82, 2.24) is 4.57 Å². The van der Waals surface area contributed by atoms with Crippen LogP contribution in [0, 0.1) is 23.8 Å². The van der Waals surface area contributed by atoms with E-state index in [1.807, 2.05) is 80.8 Å². The smallest absolute Gasteiger partial charge is 0.343 e. The Morgan fingerprint density at radius 2 is 1.51 bits per heavy atom. The van der Waals surface area contributed by atoms with Gasteiger partial charge < -0.3 is 29.4 Å². The van der Waals surface area contributed by atoms with Gasteiger partial charge in [-0.15, -0.1) is 0 Å². The van der Waals surface area contributed by atoms with E-state index in [2.05, 4.69) is 27.6 Å². The fourth-order valence-electron chi connectivity index (χ4n) is 4.67. The van der Waals surface area contributed by atoms with Crippen molar-refractivity contribution in [3.05, 3.63) is 82.5 Å². The van der Waals surface area contributed by atoms with Crippen LogP contribution in [0.15, 0.2) is 58.0 Å². The number of aliphatic imine (C=N–C) groups is 1. The van der Waals surface area contributed by atoms with Crippen molar-refractivity contribution in [2.24, 2.45) is 15.8 Å². The summed E-state index contributed by atoms with van der Waals surface area (Å²) in [5.41, 5.74) is -0.636. The maximum atomic E-state index is 14.0. The van der Waals surface area contributed by atoms with Crippen molar-refractivity contribution in [2.45, 2.75) is 67.5 Å². The fourth-order valence-corrected chi connectivity index (χ4v) is 5.65. The van der Waals surface area contributed by atoms with E-state index in [9.17, 15) is 34.1 Å². The number of rotatable bonds is 10. The van der Waals surface area contributed by atoms with Gasteiger partial charge in [0.2, 0.25) is 5.43 Å². The minimum absolute atomic E-state index is 0.00551.